The Morgan fingerprint density at radius 3 is 2.50 bits per heavy atom. The minimum atomic E-state index is -4.70. The van der Waals surface area contributed by atoms with E-state index in [1.807, 2.05) is 0 Å². The fraction of sp³-hybridized carbons (Fsp3) is 0.500. The Morgan fingerprint density at radius 1 is 1.22 bits per heavy atom. The first-order chi connectivity index (χ1) is 8.46. The molecule has 1 fully saturated rings. The lowest BCUT2D eigenvalue weighted by atomic mass is 9.95. The topological polar surface area (TPSA) is 32.7 Å². The van der Waals surface area contributed by atoms with Gasteiger partial charge in [-0.1, -0.05) is 30.3 Å². The third kappa shape index (κ3) is 3.44. The molecule has 1 saturated heterocycles. The summed E-state index contributed by atoms with van der Waals surface area (Å²) in [5.74, 6) is 0. The number of benzene rings is 1. The van der Waals surface area contributed by atoms with Gasteiger partial charge in [0.15, 0.2) is 0 Å². The lowest BCUT2D eigenvalue weighted by Crippen LogP contribution is -2.42. The number of hydroxylamine groups is 2. The molecule has 2 rings (SSSR count). The van der Waals surface area contributed by atoms with Crippen LogP contribution in [-0.2, 0) is 4.84 Å². The highest BCUT2D eigenvalue weighted by Crippen LogP contribution is 2.34. The van der Waals surface area contributed by atoms with Crippen molar-refractivity contribution in [2.45, 2.75) is 31.3 Å². The van der Waals surface area contributed by atoms with Crippen LogP contribution in [0.15, 0.2) is 30.3 Å². The number of alkyl halides is 3. The summed E-state index contributed by atoms with van der Waals surface area (Å²) >= 11 is 0. The van der Waals surface area contributed by atoms with Gasteiger partial charge in [-0.15, -0.1) is 13.2 Å². The van der Waals surface area contributed by atoms with Crippen LogP contribution in [0.25, 0.3) is 0 Å². The smallest absolute Gasteiger partial charge is 0.393 e. The zero-order valence-corrected chi connectivity index (χ0v) is 9.60. The average Bonchev–Trinajstić information content (AvgIpc) is 2.31. The molecule has 3 nitrogen and oxygen atoms in total. The second-order valence-electron chi connectivity index (χ2n) is 4.28. The molecule has 1 heterocycles. The van der Waals surface area contributed by atoms with Crippen molar-refractivity contribution < 1.29 is 23.1 Å². The fourth-order valence-corrected chi connectivity index (χ4v) is 2.14. The van der Waals surface area contributed by atoms with E-state index in [1.165, 1.54) is 0 Å². The monoisotopic (exact) mass is 261 g/mol. The Labute approximate surface area is 103 Å². The van der Waals surface area contributed by atoms with E-state index in [9.17, 15) is 18.3 Å². The van der Waals surface area contributed by atoms with Gasteiger partial charge in [-0.05, 0) is 18.4 Å². The largest absolute Gasteiger partial charge is 0.539 e. The number of aliphatic hydroxyl groups is 1. The molecule has 100 valence electrons. The molecule has 18 heavy (non-hydrogen) atoms. The van der Waals surface area contributed by atoms with Crippen LogP contribution < -0.4 is 0 Å². The maximum Gasteiger partial charge on any atom is 0.539 e. The Balaban J connectivity index is 2.16. The summed E-state index contributed by atoms with van der Waals surface area (Å²) in [5, 5.41) is 10.5. The van der Waals surface area contributed by atoms with Crippen molar-refractivity contribution in [1.29, 1.82) is 0 Å². The summed E-state index contributed by atoms with van der Waals surface area (Å²) in [4.78, 5) is 4.02. The Hall–Kier alpha value is -1.11. The van der Waals surface area contributed by atoms with Crippen molar-refractivity contribution in [3.63, 3.8) is 0 Å². The molecule has 0 bridgehead atoms. The van der Waals surface area contributed by atoms with Gasteiger partial charge in [0.2, 0.25) is 0 Å². The number of hydrogen-bond donors (Lipinski definition) is 1. The first-order valence-corrected chi connectivity index (χ1v) is 5.71. The number of rotatable bonds is 2. The number of hydrogen-bond acceptors (Lipinski definition) is 3. The maximum absolute atomic E-state index is 12.3. The standard InChI is InChI=1S/C12H14F3NO2/c13-12(14,15)18-16-7-6-10(17)8-11(16)9-4-2-1-3-5-9/h1-5,10-11,17H,6-8H2. The van der Waals surface area contributed by atoms with Crippen LogP contribution in [0.1, 0.15) is 24.4 Å². The third-order valence-electron chi connectivity index (χ3n) is 2.93. The van der Waals surface area contributed by atoms with Crippen LogP contribution in [-0.4, -0.2) is 29.2 Å². The van der Waals surface area contributed by atoms with Crippen LogP contribution >= 0.6 is 0 Å². The Morgan fingerprint density at radius 2 is 1.89 bits per heavy atom. The normalized spacial score (nSPS) is 26.2. The molecule has 1 aromatic rings. The Kier molecular flexibility index (Phi) is 3.89. The molecule has 0 spiro atoms. The summed E-state index contributed by atoms with van der Waals surface area (Å²) < 4.78 is 36.9. The molecular formula is C12H14F3NO2. The summed E-state index contributed by atoms with van der Waals surface area (Å²) in [6, 6.07) is 8.18. The summed E-state index contributed by atoms with van der Waals surface area (Å²) in [6.07, 6.45) is -4.78. The SMILES string of the molecule is OC1CCN(OC(F)(F)F)C(c2ccccc2)C1. The maximum atomic E-state index is 12.3. The highest BCUT2D eigenvalue weighted by atomic mass is 19.4. The van der Waals surface area contributed by atoms with Gasteiger partial charge < -0.3 is 5.11 Å². The van der Waals surface area contributed by atoms with E-state index in [4.69, 9.17) is 0 Å². The Bertz CT molecular complexity index is 383. The second-order valence-corrected chi connectivity index (χ2v) is 4.28. The molecule has 1 aliphatic rings. The first kappa shape index (κ1) is 13.3. The fourth-order valence-electron chi connectivity index (χ4n) is 2.14. The van der Waals surface area contributed by atoms with E-state index >= 15 is 0 Å². The highest BCUT2D eigenvalue weighted by molar-refractivity contribution is 5.19. The van der Waals surface area contributed by atoms with E-state index in [-0.39, 0.29) is 19.4 Å². The molecular weight excluding hydrogens is 247 g/mol. The molecule has 1 N–H and O–H groups in total. The molecule has 0 aromatic heterocycles. The minimum absolute atomic E-state index is 0.0558. The van der Waals surface area contributed by atoms with Crippen LogP contribution in [0.3, 0.4) is 0 Å². The van der Waals surface area contributed by atoms with Crippen LogP contribution in [0.5, 0.6) is 0 Å². The second kappa shape index (κ2) is 5.26. The lowest BCUT2D eigenvalue weighted by molar-refractivity contribution is -0.428. The quantitative estimate of drug-likeness (QED) is 0.888. The van der Waals surface area contributed by atoms with Gasteiger partial charge in [-0.3, -0.25) is 0 Å². The van der Waals surface area contributed by atoms with Gasteiger partial charge in [-0.25, -0.2) is 0 Å². The predicted octanol–water partition coefficient (Wildman–Crippen LogP) is 2.64. The van der Waals surface area contributed by atoms with Gasteiger partial charge in [0, 0.05) is 6.54 Å². The van der Waals surface area contributed by atoms with Crippen molar-refractivity contribution >= 4 is 0 Å². The predicted molar refractivity (Wildman–Crippen MR) is 58.3 cm³/mol. The zero-order valence-electron chi connectivity index (χ0n) is 9.60. The number of piperidine rings is 1. The van der Waals surface area contributed by atoms with Crippen molar-refractivity contribution in [3.05, 3.63) is 35.9 Å². The van der Waals surface area contributed by atoms with Gasteiger partial charge in [0.1, 0.15) is 0 Å². The van der Waals surface area contributed by atoms with Crippen molar-refractivity contribution in [2.24, 2.45) is 0 Å². The van der Waals surface area contributed by atoms with Gasteiger partial charge >= 0.3 is 6.36 Å². The molecule has 2 unspecified atom stereocenters. The molecule has 6 heteroatoms. The molecule has 1 aliphatic heterocycles. The van der Waals surface area contributed by atoms with Crippen molar-refractivity contribution in [2.75, 3.05) is 6.54 Å². The number of nitrogens with zero attached hydrogens (tertiary/aromatic N) is 1. The molecule has 0 amide bonds. The van der Waals surface area contributed by atoms with E-state index in [0.29, 0.717) is 5.56 Å². The van der Waals surface area contributed by atoms with E-state index < -0.39 is 18.5 Å². The van der Waals surface area contributed by atoms with E-state index in [0.717, 1.165) is 5.06 Å². The molecule has 0 radical (unpaired) electrons. The lowest BCUT2D eigenvalue weighted by Gasteiger charge is -2.37. The summed E-state index contributed by atoms with van der Waals surface area (Å²) in [6.45, 7) is 0.0558. The van der Waals surface area contributed by atoms with Gasteiger partial charge in [0.25, 0.3) is 0 Å². The third-order valence-corrected chi connectivity index (χ3v) is 2.93. The number of halogens is 3. The molecule has 2 atom stereocenters. The minimum Gasteiger partial charge on any atom is -0.393 e. The summed E-state index contributed by atoms with van der Waals surface area (Å²) in [5.41, 5.74) is 0.709. The first-order valence-electron chi connectivity index (χ1n) is 5.71. The van der Waals surface area contributed by atoms with Crippen LogP contribution in [0.2, 0.25) is 0 Å². The number of aliphatic hydroxyl groups excluding tert-OH is 1. The van der Waals surface area contributed by atoms with Crippen molar-refractivity contribution in [1.82, 2.24) is 5.06 Å². The highest BCUT2D eigenvalue weighted by Gasteiger charge is 2.39. The van der Waals surface area contributed by atoms with Gasteiger partial charge in [0.05, 0.1) is 12.1 Å². The molecule has 0 saturated carbocycles. The van der Waals surface area contributed by atoms with Gasteiger partial charge in [-0.2, -0.15) is 9.90 Å². The summed E-state index contributed by atoms with van der Waals surface area (Å²) in [7, 11) is 0. The van der Waals surface area contributed by atoms with Crippen LogP contribution in [0, 0.1) is 0 Å². The molecule has 1 aromatic carbocycles. The average molecular weight is 261 g/mol. The molecule has 0 aliphatic carbocycles. The zero-order chi connectivity index (χ0) is 13.2. The van der Waals surface area contributed by atoms with Crippen LogP contribution in [0.4, 0.5) is 13.2 Å². The van der Waals surface area contributed by atoms with Crippen molar-refractivity contribution in [3.8, 4) is 0 Å². The van der Waals surface area contributed by atoms with E-state index in [2.05, 4.69) is 4.84 Å². The van der Waals surface area contributed by atoms with E-state index in [1.54, 1.807) is 30.3 Å².